The number of piperazine rings is 1. The van der Waals surface area contributed by atoms with Crippen molar-refractivity contribution in [2.24, 2.45) is 0 Å². The molecule has 5 rings (SSSR count). The molecule has 1 atom stereocenters. The van der Waals surface area contributed by atoms with Gasteiger partial charge in [0, 0.05) is 48.8 Å². The average molecular weight is 561 g/mol. The summed E-state index contributed by atoms with van der Waals surface area (Å²) in [4.78, 5) is 34.8. The first kappa shape index (κ1) is 26.9. The van der Waals surface area contributed by atoms with Crippen LogP contribution in [0.3, 0.4) is 0 Å². The molecule has 0 bridgehead atoms. The first-order chi connectivity index (χ1) is 18.2. The Balaban J connectivity index is 1.18. The lowest BCUT2D eigenvalue weighted by Gasteiger charge is -2.47. The van der Waals surface area contributed by atoms with E-state index in [0.29, 0.717) is 45.7 Å². The quantitative estimate of drug-likeness (QED) is 0.418. The molecule has 3 heterocycles. The van der Waals surface area contributed by atoms with Crippen LogP contribution in [0.2, 0.25) is 10.0 Å². The Morgan fingerprint density at radius 1 is 1.11 bits per heavy atom. The molecule has 202 valence electrons. The third-order valence-electron chi connectivity index (χ3n) is 7.77. The molecule has 3 aromatic rings. The molecule has 0 spiro atoms. The molecular formula is C27H31Cl2FN6O2. The Hall–Kier alpha value is -2.72. The van der Waals surface area contributed by atoms with E-state index in [2.05, 4.69) is 31.9 Å². The molecule has 2 aromatic carbocycles. The van der Waals surface area contributed by atoms with Gasteiger partial charge < -0.3 is 16.0 Å². The van der Waals surface area contributed by atoms with Crippen LogP contribution in [0.4, 0.5) is 27.3 Å². The normalized spacial score (nSPS) is 19.8. The smallest absolute Gasteiger partial charge is 0.253 e. The predicted molar refractivity (Wildman–Crippen MR) is 151 cm³/mol. The van der Waals surface area contributed by atoms with Crippen LogP contribution in [0.15, 0.2) is 40.1 Å². The maximum absolute atomic E-state index is 14.2. The van der Waals surface area contributed by atoms with Gasteiger partial charge in [-0.05, 0) is 50.6 Å². The van der Waals surface area contributed by atoms with Crippen molar-refractivity contribution in [2.45, 2.75) is 44.8 Å². The van der Waals surface area contributed by atoms with Crippen molar-refractivity contribution < 1.29 is 4.39 Å². The van der Waals surface area contributed by atoms with E-state index < -0.39 is 10.9 Å². The Morgan fingerprint density at radius 2 is 1.87 bits per heavy atom. The number of piperidine rings is 1. The monoisotopic (exact) mass is 560 g/mol. The maximum Gasteiger partial charge on any atom is 0.253 e. The number of pyridine rings is 1. The van der Waals surface area contributed by atoms with E-state index >= 15 is 0 Å². The predicted octanol–water partition coefficient (Wildman–Crippen LogP) is 4.01. The Labute approximate surface area is 230 Å². The number of hydrogen-bond donors (Lipinski definition) is 2. The zero-order chi connectivity index (χ0) is 27.0. The Morgan fingerprint density at radius 3 is 2.53 bits per heavy atom. The molecule has 8 nitrogen and oxygen atoms in total. The standard InChI is InChI=1S/C27H31Cl2FN6O2/c1-2-19-15-35(27-21(29)12-18(13-32-27)33-24-23(31)25(37)26(24)38)9-10-36(19)20-5-7-34(8-6-20)14-16-3-4-17(28)11-22(16)30/h3-4,11-13,19-20,33H,2,5-10,14-15,31H2,1H3. The van der Waals surface area contributed by atoms with Gasteiger partial charge in [-0.25, -0.2) is 9.37 Å². The summed E-state index contributed by atoms with van der Waals surface area (Å²) in [5.41, 5.74) is 5.51. The van der Waals surface area contributed by atoms with Crippen LogP contribution in [0, 0.1) is 5.82 Å². The summed E-state index contributed by atoms with van der Waals surface area (Å²) in [7, 11) is 0. The number of nitrogens with two attached hydrogens (primary N) is 1. The van der Waals surface area contributed by atoms with Crippen LogP contribution in [0.1, 0.15) is 31.7 Å². The average Bonchev–Trinajstić information content (AvgIpc) is 2.93. The van der Waals surface area contributed by atoms with E-state index in [9.17, 15) is 14.0 Å². The van der Waals surface area contributed by atoms with Gasteiger partial charge >= 0.3 is 0 Å². The molecule has 0 radical (unpaired) electrons. The Kier molecular flexibility index (Phi) is 7.90. The van der Waals surface area contributed by atoms with Crippen molar-refractivity contribution in [1.82, 2.24) is 14.8 Å². The van der Waals surface area contributed by atoms with E-state index in [1.54, 1.807) is 24.4 Å². The fraction of sp³-hybridized carbons (Fsp3) is 0.444. The number of hydrogen-bond acceptors (Lipinski definition) is 8. The minimum Gasteiger partial charge on any atom is -0.394 e. The molecule has 3 N–H and O–H groups in total. The second-order valence-electron chi connectivity index (χ2n) is 10.1. The van der Waals surface area contributed by atoms with Crippen LogP contribution in [0.5, 0.6) is 0 Å². The lowest BCUT2D eigenvalue weighted by atomic mass is 9.97. The highest BCUT2D eigenvalue weighted by molar-refractivity contribution is 6.33. The number of halogens is 3. The molecule has 11 heteroatoms. The van der Waals surface area contributed by atoms with Crippen LogP contribution < -0.4 is 26.8 Å². The molecule has 2 aliphatic heterocycles. The molecule has 2 fully saturated rings. The third-order valence-corrected chi connectivity index (χ3v) is 8.29. The van der Waals surface area contributed by atoms with Crippen LogP contribution in [-0.2, 0) is 6.54 Å². The molecule has 0 saturated carbocycles. The number of aromatic nitrogens is 1. The lowest BCUT2D eigenvalue weighted by Crippen LogP contribution is -2.58. The molecule has 1 aromatic heterocycles. The third kappa shape index (κ3) is 5.38. The van der Waals surface area contributed by atoms with Crippen molar-refractivity contribution in [1.29, 1.82) is 0 Å². The van der Waals surface area contributed by atoms with Crippen molar-refractivity contribution in [3.63, 3.8) is 0 Å². The van der Waals surface area contributed by atoms with Gasteiger partial charge in [0.25, 0.3) is 10.9 Å². The molecule has 0 aliphatic carbocycles. The lowest BCUT2D eigenvalue weighted by molar-refractivity contribution is 0.0607. The fourth-order valence-electron chi connectivity index (χ4n) is 5.62. The van der Waals surface area contributed by atoms with Crippen molar-refractivity contribution in [3.05, 3.63) is 72.3 Å². The molecule has 38 heavy (non-hydrogen) atoms. The van der Waals surface area contributed by atoms with E-state index in [1.165, 1.54) is 6.07 Å². The number of nitrogens with zero attached hydrogens (tertiary/aromatic N) is 4. The minimum atomic E-state index is -0.673. The fourth-order valence-corrected chi connectivity index (χ4v) is 6.06. The first-order valence-electron chi connectivity index (χ1n) is 12.9. The van der Waals surface area contributed by atoms with Crippen molar-refractivity contribution in [2.75, 3.05) is 48.7 Å². The van der Waals surface area contributed by atoms with Crippen LogP contribution in [0.25, 0.3) is 0 Å². The molecular weight excluding hydrogens is 530 g/mol. The summed E-state index contributed by atoms with van der Waals surface area (Å²) < 4.78 is 14.2. The van der Waals surface area contributed by atoms with Gasteiger partial charge in [0.1, 0.15) is 23.0 Å². The number of benzene rings is 1. The number of anilines is 4. The van der Waals surface area contributed by atoms with Crippen LogP contribution >= 0.6 is 23.2 Å². The van der Waals surface area contributed by atoms with Crippen LogP contribution in [-0.4, -0.2) is 59.6 Å². The summed E-state index contributed by atoms with van der Waals surface area (Å²) in [6, 6.07) is 7.46. The first-order valence-corrected chi connectivity index (χ1v) is 13.7. The molecule has 1 unspecified atom stereocenters. The number of nitrogen functional groups attached to an aromatic ring is 1. The molecule has 2 saturated heterocycles. The van der Waals surface area contributed by atoms with Gasteiger partial charge in [-0.3, -0.25) is 19.4 Å². The van der Waals surface area contributed by atoms with Gasteiger partial charge in [-0.1, -0.05) is 36.2 Å². The summed E-state index contributed by atoms with van der Waals surface area (Å²) >= 11 is 12.5. The zero-order valence-corrected chi connectivity index (χ0v) is 22.7. The Bertz CT molecular complexity index is 1390. The summed E-state index contributed by atoms with van der Waals surface area (Å²) in [5.74, 6) is 0.457. The van der Waals surface area contributed by atoms with Gasteiger partial charge in [0.2, 0.25) is 0 Å². The molecule has 2 aliphatic rings. The number of likely N-dealkylation sites (tertiary alicyclic amines) is 1. The topological polar surface area (TPSA) is 94.8 Å². The van der Waals surface area contributed by atoms with E-state index in [-0.39, 0.29) is 17.2 Å². The number of nitrogens with one attached hydrogen (secondary N) is 1. The van der Waals surface area contributed by atoms with E-state index in [0.717, 1.165) is 52.0 Å². The summed E-state index contributed by atoms with van der Waals surface area (Å²) in [6.07, 6.45) is 4.70. The SMILES string of the molecule is CCC1CN(c2ncc(Nc3c(N)c(=O)c3=O)cc2Cl)CCN1C1CCN(Cc2ccc(Cl)cc2F)CC1. The van der Waals surface area contributed by atoms with Gasteiger partial charge in [0.15, 0.2) is 0 Å². The van der Waals surface area contributed by atoms with Gasteiger partial charge in [-0.2, -0.15) is 0 Å². The highest BCUT2D eigenvalue weighted by Gasteiger charge is 2.34. The molecule has 0 amide bonds. The zero-order valence-electron chi connectivity index (χ0n) is 21.2. The highest BCUT2D eigenvalue weighted by atomic mass is 35.5. The largest absolute Gasteiger partial charge is 0.394 e. The van der Waals surface area contributed by atoms with Crippen molar-refractivity contribution >= 4 is 46.1 Å². The van der Waals surface area contributed by atoms with Crippen molar-refractivity contribution in [3.8, 4) is 0 Å². The number of rotatable bonds is 7. The maximum atomic E-state index is 14.2. The van der Waals surface area contributed by atoms with E-state index in [4.69, 9.17) is 28.9 Å². The minimum absolute atomic E-state index is 0.0694. The summed E-state index contributed by atoms with van der Waals surface area (Å²) in [6.45, 7) is 7.20. The van der Waals surface area contributed by atoms with Gasteiger partial charge in [-0.15, -0.1) is 0 Å². The second-order valence-corrected chi connectivity index (χ2v) is 10.9. The summed E-state index contributed by atoms with van der Waals surface area (Å²) in [5, 5.41) is 3.74. The highest BCUT2D eigenvalue weighted by Crippen LogP contribution is 2.31. The second kappa shape index (κ2) is 11.2. The van der Waals surface area contributed by atoms with E-state index in [1.807, 2.05) is 0 Å². The van der Waals surface area contributed by atoms with Gasteiger partial charge in [0.05, 0.1) is 16.9 Å².